The number of hydrogen-bond donors (Lipinski definition) is 1. The molecule has 0 aliphatic carbocycles. The molecule has 108 valence electrons. The normalized spacial score (nSPS) is 10.1. The van der Waals surface area contributed by atoms with Crippen molar-refractivity contribution in [1.82, 2.24) is 5.32 Å². The van der Waals surface area contributed by atoms with Gasteiger partial charge in [-0.2, -0.15) is 5.26 Å². The Hall–Kier alpha value is -1.83. The zero-order valence-electron chi connectivity index (χ0n) is 11.4. The number of rotatable bonds is 6. The Morgan fingerprint density at radius 3 is 2.57 bits per heavy atom. The summed E-state index contributed by atoms with van der Waals surface area (Å²) >= 11 is 7.39. The summed E-state index contributed by atoms with van der Waals surface area (Å²) in [5.74, 6) is 0.0435. The number of aryl methyl sites for hydroxylation is 1. The lowest BCUT2D eigenvalue weighted by molar-refractivity contribution is -0.121. The number of amides is 1. The van der Waals surface area contributed by atoms with Crippen molar-refractivity contribution < 1.29 is 4.79 Å². The maximum absolute atomic E-state index is 11.7. The average Bonchev–Trinajstić information content (AvgIpc) is 2.91. The summed E-state index contributed by atoms with van der Waals surface area (Å²) in [7, 11) is 0. The third kappa shape index (κ3) is 5.22. The topological polar surface area (TPSA) is 52.9 Å². The third-order valence-corrected chi connectivity index (χ3v) is 4.34. The van der Waals surface area contributed by atoms with Gasteiger partial charge in [0.05, 0.1) is 16.0 Å². The standard InChI is InChI=1S/C16H15ClN2OS/c17-15-7-6-14(21-15)9-10-19-16(20)8-5-12-1-3-13(11-18)4-2-12/h1-4,6-7H,5,8-10H2,(H,19,20). The van der Waals surface area contributed by atoms with Gasteiger partial charge < -0.3 is 5.32 Å². The maximum atomic E-state index is 11.7. The zero-order chi connectivity index (χ0) is 15.1. The smallest absolute Gasteiger partial charge is 0.220 e. The molecular formula is C16H15ClN2OS. The molecule has 1 aromatic carbocycles. The van der Waals surface area contributed by atoms with Crippen molar-refractivity contribution in [3.8, 4) is 6.07 Å². The molecule has 0 bridgehead atoms. The van der Waals surface area contributed by atoms with Crippen LogP contribution in [0.5, 0.6) is 0 Å². The Morgan fingerprint density at radius 2 is 1.95 bits per heavy atom. The molecule has 1 aromatic heterocycles. The molecule has 5 heteroatoms. The van der Waals surface area contributed by atoms with Gasteiger partial charge >= 0.3 is 0 Å². The number of hydrogen-bond acceptors (Lipinski definition) is 3. The minimum atomic E-state index is 0.0435. The lowest BCUT2D eigenvalue weighted by Gasteiger charge is -2.04. The van der Waals surface area contributed by atoms with Crippen LogP contribution in [0.25, 0.3) is 0 Å². The van der Waals surface area contributed by atoms with Crippen molar-refractivity contribution in [2.75, 3.05) is 6.54 Å². The van der Waals surface area contributed by atoms with E-state index >= 15 is 0 Å². The van der Waals surface area contributed by atoms with Gasteiger partial charge in [-0.1, -0.05) is 23.7 Å². The second-order valence-electron chi connectivity index (χ2n) is 4.61. The molecule has 0 aliphatic rings. The molecule has 0 saturated carbocycles. The van der Waals surface area contributed by atoms with Gasteiger partial charge in [-0.15, -0.1) is 11.3 Å². The van der Waals surface area contributed by atoms with E-state index in [4.69, 9.17) is 16.9 Å². The molecule has 0 radical (unpaired) electrons. The van der Waals surface area contributed by atoms with Crippen LogP contribution in [-0.2, 0) is 17.6 Å². The molecule has 21 heavy (non-hydrogen) atoms. The van der Waals surface area contributed by atoms with E-state index in [0.29, 0.717) is 24.9 Å². The van der Waals surface area contributed by atoms with Gasteiger partial charge in [0.25, 0.3) is 0 Å². The van der Waals surface area contributed by atoms with Crippen molar-refractivity contribution in [2.24, 2.45) is 0 Å². The van der Waals surface area contributed by atoms with Crippen LogP contribution in [0.1, 0.15) is 22.4 Å². The van der Waals surface area contributed by atoms with Crippen LogP contribution in [0, 0.1) is 11.3 Å². The number of benzene rings is 1. The zero-order valence-corrected chi connectivity index (χ0v) is 13.0. The van der Waals surface area contributed by atoms with E-state index in [0.717, 1.165) is 16.3 Å². The fourth-order valence-electron chi connectivity index (χ4n) is 1.90. The van der Waals surface area contributed by atoms with Crippen LogP contribution < -0.4 is 5.32 Å². The first kappa shape index (κ1) is 15.6. The number of nitrogens with zero attached hydrogens (tertiary/aromatic N) is 1. The van der Waals surface area contributed by atoms with Gasteiger partial charge in [0.15, 0.2) is 0 Å². The first-order chi connectivity index (χ1) is 10.2. The summed E-state index contributed by atoms with van der Waals surface area (Å²) in [6, 6.07) is 13.2. The Bertz CT molecular complexity index is 643. The highest BCUT2D eigenvalue weighted by Crippen LogP contribution is 2.21. The predicted molar refractivity (Wildman–Crippen MR) is 85.5 cm³/mol. The Kier molecular flexibility index (Phi) is 5.79. The van der Waals surface area contributed by atoms with Gasteiger partial charge in [0.1, 0.15) is 0 Å². The number of nitriles is 1. The van der Waals surface area contributed by atoms with E-state index < -0.39 is 0 Å². The van der Waals surface area contributed by atoms with Crippen LogP contribution in [-0.4, -0.2) is 12.5 Å². The van der Waals surface area contributed by atoms with E-state index in [1.54, 1.807) is 23.5 Å². The van der Waals surface area contributed by atoms with E-state index in [2.05, 4.69) is 11.4 Å². The molecule has 0 atom stereocenters. The largest absolute Gasteiger partial charge is 0.356 e. The fourth-order valence-corrected chi connectivity index (χ4v) is 2.99. The van der Waals surface area contributed by atoms with Gasteiger partial charge in [-0.05, 0) is 42.7 Å². The Morgan fingerprint density at radius 1 is 1.19 bits per heavy atom. The lowest BCUT2D eigenvalue weighted by atomic mass is 10.1. The highest BCUT2D eigenvalue weighted by atomic mass is 35.5. The van der Waals surface area contributed by atoms with Crippen LogP contribution in [0.3, 0.4) is 0 Å². The molecule has 1 heterocycles. The molecule has 1 N–H and O–H groups in total. The Labute approximate surface area is 133 Å². The van der Waals surface area contributed by atoms with Crippen LogP contribution >= 0.6 is 22.9 Å². The van der Waals surface area contributed by atoms with Crippen LogP contribution in [0.2, 0.25) is 4.34 Å². The molecule has 2 rings (SSSR count). The van der Waals surface area contributed by atoms with E-state index in [1.165, 1.54) is 4.88 Å². The van der Waals surface area contributed by atoms with Crippen molar-refractivity contribution in [1.29, 1.82) is 5.26 Å². The van der Waals surface area contributed by atoms with Gasteiger partial charge in [0.2, 0.25) is 5.91 Å². The second kappa shape index (κ2) is 7.82. The summed E-state index contributed by atoms with van der Waals surface area (Å²) in [5, 5.41) is 11.6. The highest BCUT2D eigenvalue weighted by Gasteiger charge is 2.03. The molecule has 0 spiro atoms. The molecule has 0 saturated heterocycles. The molecule has 3 nitrogen and oxygen atoms in total. The van der Waals surface area contributed by atoms with Crippen LogP contribution in [0.4, 0.5) is 0 Å². The van der Waals surface area contributed by atoms with Crippen molar-refractivity contribution in [3.63, 3.8) is 0 Å². The predicted octanol–water partition coefficient (Wildman–Crippen LogP) is 3.56. The first-order valence-corrected chi connectivity index (χ1v) is 7.87. The maximum Gasteiger partial charge on any atom is 0.220 e. The first-order valence-electron chi connectivity index (χ1n) is 6.67. The van der Waals surface area contributed by atoms with Gasteiger partial charge in [-0.3, -0.25) is 4.79 Å². The lowest BCUT2D eigenvalue weighted by Crippen LogP contribution is -2.25. The number of carbonyl (C=O) groups is 1. The minimum Gasteiger partial charge on any atom is -0.356 e. The third-order valence-electron chi connectivity index (χ3n) is 3.05. The van der Waals surface area contributed by atoms with Gasteiger partial charge in [-0.25, -0.2) is 0 Å². The Balaban J connectivity index is 1.68. The molecule has 0 aliphatic heterocycles. The number of nitrogens with one attached hydrogen (secondary N) is 1. The number of carbonyl (C=O) groups excluding carboxylic acids is 1. The summed E-state index contributed by atoms with van der Waals surface area (Å²) in [6.45, 7) is 0.628. The summed E-state index contributed by atoms with van der Waals surface area (Å²) in [4.78, 5) is 12.9. The molecular weight excluding hydrogens is 304 g/mol. The van der Waals surface area contributed by atoms with Crippen LogP contribution in [0.15, 0.2) is 36.4 Å². The summed E-state index contributed by atoms with van der Waals surface area (Å²) < 4.78 is 0.775. The van der Waals surface area contributed by atoms with E-state index in [-0.39, 0.29) is 5.91 Å². The SMILES string of the molecule is N#Cc1ccc(CCC(=O)NCCc2ccc(Cl)s2)cc1. The minimum absolute atomic E-state index is 0.0435. The van der Waals surface area contributed by atoms with Crippen molar-refractivity contribution in [2.45, 2.75) is 19.3 Å². The molecule has 2 aromatic rings. The monoisotopic (exact) mass is 318 g/mol. The van der Waals surface area contributed by atoms with Crippen molar-refractivity contribution in [3.05, 3.63) is 56.7 Å². The summed E-state index contributed by atoms with van der Waals surface area (Å²) in [5.41, 5.74) is 1.70. The fraction of sp³-hybridized carbons (Fsp3) is 0.250. The number of thiophene rings is 1. The van der Waals surface area contributed by atoms with E-state index in [9.17, 15) is 4.79 Å². The average molecular weight is 319 g/mol. The van der Waals surface area contributed by atoms with Gasteiger partial charge in [0, 0.05) is 17.8 Å². The van der Waals surface area contributed by atoms with E-state index in [1.807, 2.05) is 24.3 Å². The quantitative estimate of drug-likeness (QED) is 0.885. The number of halogens is 1. The second-order valence-corrected chi connectivity index (χ2v) is 6.41. The van der Waals surface area contributed by atoms with Crippen molar-refractivity contribution >= 4 is 28.8 Å². The molecule has 0 unspecified atom stereocenters. The highest BCUT2D eigenvalue weighted by molar-refractivity contribution is 7.16. The summed E-state index contributed by atoms with van der Waals surface area (Å²) in [6.07, 6.45) is 1.94. The molecule has 1 amide bonds. The molecule has 0 fully saturated rings.